The maximum atomic E-state index is 3.78. The molecule has 2 heteroatoms. The van der Waals surface area contributed by atoms with E-state index >= 15 is 0 Å². The van der Waals surface area contributed by atoms with Crippen LogP contribution in [0.5, 0.6) is 0 Å². The fraction of sp³-hybridized carbons (Fsp3) is 0. The average molecular weight is 155 g/mol. The Kier molecular flexibility index (Phi) is 4.54. The molecule has 0 amide bonds. The van der Waals surface area contributed by atoms with Gasteiger partial charge in [0.2, 0.25) is 0 Å². The Morgan fingerprint density at radius 2 is 1.25 bits per heavy atom. The molecule has 0 aliphatic carbocycles. The van der Waals surface area contributed by atoms with Crippen LogP contribution >= 0.6 is 0 Å². The molecule has 0 spiro atoms. The van der Waals surface area contributed by atoms with Gasteiger partial charge in [0.05, 0.1) is 0 Å². The second-order valence-corrected chi connectivity index (χ2v) is 2.18. The molecule has 1 nitrogen and oxygen atoms in total. The SMILES string of the molecule is b1ccccc1.c1ccncc1. The van der Waals surface area contributed by atoms with Crippen LogP contribution in [0, 0.1) is 0 Å². The summed E-state index contributed by atoms with van der Waals surface area (Å²) in [6.07, 6.45) is 3.50. The Morgan fingerprint density at radius 1 is 0.667 bits per heavy atom. The quantitative estimate of drug-likeness (QED) is 0.567. The minimum Gasteiger partial charge on any atom is -0.265 e. The van der Waals surface area contributed by atoms with Gasteiger partial charge in [-0.3, -0.25) is 4.98 Å². The number of pyridine rings is 1. The maximum absolute atomic E-state index is 3.78. The van der Waals surface area contributed by atoms with E-state index < -0.39 is 0 Å². The summed E-state index contributed by atoms with van der Waals surface area (Å²) < 4.78 is 0. The van der Waals surface area contributed by atoms with Gasteiger partial charge < -0.3 is 0 Å². The minimum absolute atomic E-state index is 1.75. The van der Waals surface area contributed by atoms with E-state index in [1.165, 1.54) is 0 Å². The van der Waals surface area contributed by atoms with Gasteiger partial charge in [0, 0.05) is 12.4 Å². The summed E-state index contributed by atoms with van der Waals surface area (Å²) in [5, 5.41) is 0. The van der Waals surface area contributed by atoms with Gasteiger partial charge in [-0.05, 0) is 12.1 Å². The predicted octanol–water partition coefficient (Wildman–Crippen LogP) is 2.11. The van der Waals surface area contributed by atoms with Crippen molar-refractivity contribution in [1.82, 2.24) is 4.98 Å². The third-order valence-corrected chi connectivity index (χ3v) is 1.23. The van der Waals surface area contributed by atoms with Gasteiger partial charge in [0.15, 0.2) is 0 Å². The Labute approximate surface area is 73.3 Å². The van der Waals surface area contributed by atoms with E-state index in [0.717, 1.165) is 0 Å². The van der Waals surface area contributed by atoms with Crippen molar-refractivity contribution >= 4 is 6.91 Å². The molecular formula is C10H10BN. The Bertz CT molecular complexity index is 185. The van der Waals surface area contributed by atoms with Crippen LogP contribution in [0.3, 0.4) is 0 Å². The van der Waals surface area contributed by atoms with Crippen molar-refractivity contribution in [2.24, 2.45) is 0 Å². The molecular weight excluding hydrogens is 145 g/mol. The van der Waals surface area contributed by atoms with E-state index in [9.17, 15) is 0 Å². The summed E-state index contributed by atoms with van der Waals surface area (Å²) in [5.74, 6) is 4.00. The fourth-order valence-electron chi connectivity index (χ4n) is 0.698. The molecule has 0 N–H and O–H groups in total. The van der Waals surface area contributed by atoms with E-state index in [1.54, 1.807) is 12.4 Å². The maximum Gasteiger partial charge on any atom is 0.0267 e. The third kappa shape index (κ3) is 4.39. The van der Waals surface area contributed by atoms with Crippen molar-refractivity contribution < 1.29 is 0 Å². The molecule has 0 aromatic carbocycles. The summed E-state index contributed by atoms with van der Waals surface area (Å²) in [5.41, 5.74) is 0. The monoisotopic (exact) mass is 155 g/mol. The first-order chi connectivity index (χ1) is 6.00. The first-order valence-electron chi connectivity index (χ1n) is 3.85. The van der Waals surface area contributed by atoms with Crippen molar-refractivity contribution in [3.05, 3.63) is 60.7 Å². The molecule has 0 bridgehead atoms. The molecule has 0 saturated carbocycles. The van der Waals surface area contributed by atoms with Crippen LogP contribution in [0.1, 0.15) is 0 Å². The summed E-state index contributed by atoms with van der Waals surface area (Å²) in [4.78, 5) is 3.78. The van der Waals surface area contributed by atoms with Crippen LogP contribution in [0.25, 0.3) is 0 Å². The van der Waals surface area contributed by atoms with Crippen LogP contribution < -0.4 is 0 Å². The van der Waals surface area contributed by atoms with Crippen molar-refractivity contribution in [3.8, 4) is 0 Å². The third-order valence-electron chi connectivity index (χ3n) is 1.23. The molecule has 0 atom stereocenters. The largest absolute Gasteiger partial charge is 0.265 e. The van der Waals surface area contributed by atoms with E-state index in [4.69, 9.17) is 0 Å². The van der Waals surface area contributed by atoms with Crippen molar-refractivity contribution in [3.63, 3.8) is 0 Å². The Balaban J connectivity index is 0.000000120. The summed E-state index contributed by atoms with van der Waals surface area (Å²) in [6.45, 7) is 2.00. The summed E-state index contributed by atoms with van der Waals surface area (Å²) in [7, 11) is 0. The molecule has 58 valence electrons. The smallest absolute Gasteiger partial charge is 0.0267 e. The van der Waals surface area contributed by atoms with Gasteiger partial charge in [-0.25, -0.2) is 0 Å². The van der Waals surface area contributed by atoms with Crippen LogP contribution in [0.2, 0.25) is 0 Å². The van der Waals surface area contributed by atoms with E-state index in [1.807, 2.05) is 55.2 Å². The van der Waals surface area contributed by atoms with Gasteiger partial charge in [-0.2, -0.15) is 0 Å². The molecule has 0 radical (unpaired) electrons. The molecule has 0 unspecified atom stereocenters. The van der Waals surface area contributed by atoms with Gasteiger partial charge in [-0.15, -0.1) is 0 Å². The first-order valence-corrected chi connectivity index (χ1v) is 3.85. The molecule has 12 heavy (non-hydrogen) atoms. The molecule has 2 aromatic rings. The second-order valence-electron chi connectivity index (χ2n) is 2.18. The number of rotatable bonds is 0. The zero-order valence-corrected chi connectivity index (χ0v) is 6.80. The van der Waals surface area contributed by atoms with Gasteiger partial charge >= 0.3 is 37.0 Å². The molecule has 2 heterocycles. The van der Waals surface area contributed by atoms with Crippen LogP contribution in [-0.4, -0.2) is 11.9 Å². The molecule has 0 fully saturated rings. The van der Waals surface area contributed by atoms with Gasteiger partial charge in [-0.1, -0.05) is 6.07 Å². The average Bonchev–Trinajstić information content (AvgIpc) is 2.24. The van der Waals surface area contributed by atoms with Crippen molar-refractivity contribution in [2.45, 2.75) is 0 Å². The molecule has 0 saturated heterocycles. The number of nitrogens with zero attached hydrogens (tertiary/aromatic N) is 1. The summed E-state index contributed by atoms with van der Waals surface area (Å²) in [6, 6.07) is 11.7. The first kappa shape index (κ1) is 8.66. The van der Waals surface area contributed by atoms with Crippen molar-refractivity contribution in [1.29, 1.82) is 0 Å². The number of hydrogen-bond donors (Lipinski definition) is 0. The van der Waals surface area contributed by atoms with Gasteiger partial charge in [0.1, 0.15) is 0 Å². The molecule has 0 aliphatic heterocycles. The van der Waals surface area contributed by atoms with Crippen LogP contribution in [0.4, 0.5) is 0 Å². The molecule has 0 aliphatic rings. The van der Waals surface area contributed by atoms with Crippen LogP contribution in [-0.2, 0) is 0 Å². The minimum atomic E-state index is 1.75. The zero-order valence-electron chi connectivity index (χ0n) is 6.80. The topological polar surface area (TPSA) is 12.9 Å². The molecule has 2 aromatic heterocycles. The predicted molar refractivity (Wildman–Crippen MR) is 52.0 cm³/mol. The summed E-state index contributed by atoms with van der Waals surface area (Å²) >= 11 is 0. The zero-order chi connectivity index (χ0) is 8.49. The second kappa shape index (κ2) is 6.29. The normalized spacial score (nSPS) is 7.67. The van der Waals surface area contributed by atoms with Crippen molar-refractivity contribution in [2.75, 3.05) is 0 Å². The standard InChI is InChI=1S/C5H5B.C5H5N/c2*1-2-4-6-5-3-1/h2*1-5H. The van der Waals surface area contributed by atoms with Crippen LogP contribution in [0.15, 0.2) is 60.7 Å². The fourth-order valence-corrected chi connectivity index (χ4v) is 0.698. The van der Waals surface area contributed by atoms with E-state index in [-0.39, 0.29) is 0 Å². The van der Waals surface area contributed by atoms with Gasteiger partial charge in [0.25, 0.3) is 0 Å². The van der Waals surface area contributed by atoms with E-state index in [2.05, 4.69) is 4.98 Å². The Morgan fingerprint density at radius 3 is 1.42 bits per heavy atom. The number of hydrogen-bond acceptors (Lipinski definition) is 1. The molecule has 2 rings (SSSR count). The number of aromatic nitrogens is 1. The van der Waals surface area contributed by atoms with E-state index in [0.29, 0.717) is 0 Å². The Hall–Kier alpha value is -1.44.